The first-order chi connectivity index (χ1) is 9.37. The molecule has 0 saturated heterocycles. The van der Waals surface area contributed by atoms with Gasteiger partial charge in [0.15, 0.2) is 5.76 Å². The zero-order chi connectivity index (χ0) is 14.8. The normalized spacial score (nSPS) is 11.6. The maximum Gasteiger partial charge on any atom is 0.269 e. The number of nitro benzene ring substituents is 1. The van der Waals surface area contributed by atoms with Gasteiger partial charge in [0.2, 0.25) is 0 Å². The fourth-order valence-electron chi connectivity index (χ4n) is 1.72. The lowest BCUT2D eigenvalue weighted by atomic mass is 10.1. The minimum atomic E-state index is -0.424. The van der Waals surface area contributed by atoms with Crippen LogP contribution in [0.4, 0.5) is 5.69 Å². The lowest BCUT2D eigenvalue weighted by Gasteiger charge is -2.20. The van der Waals surface area contributed by atoms with E-state index in [2.05, 4.69) is 31.2 Å². The van der Waals surface area contributed by atoms with Crippen LogP contribution in [-0.2, 0) is 6.54 Å². The van der Waals surface area contributed by atoms with E-state index in [1.807, 2.05) is 0 Å². The monoisotopic (exact) mass is 275 g/mol. The van der Waals surface area contributed by atoms with E-state index < -0.39 is 4.92 Å². The topological polar surface area (TPSA) is 81.2 Å². The van der Waals surface area contributed by atoms with Crippen LogP contribution in [0.1, 0.15) is 26.3 Å². The van der Waals surface area contributed by atoms with Crippen LogP contribution in [0, 0.1) is 10.1 Å². The summed E-state index contributed by atoms with van der Waals surface area (Å²) >= 11 is 0. The third kappa shape index (κ3) is 3.42. The minimum Gasteiger partial charge on any atom is -0.356 e. The van der Waals surface area contributed by atoms with Gasteiger partial charge in [-0.1, -0.05) is 5.16 Å². The van der Waals surface area contributed by atoms with Crippen molar-refractivity contribution in [1.82, 2.24) is 10.5 Å². The molecule has 106 valence electrons. The molecular weight excluding hydrogens is 258 g/mol. The summed E-state index contributed by atoms with van der Waals surface area (Å²) in [5.41, 5.74) is 1.75. The molecule has 6 nitrogen and oxygen atoms in total. The molecule has 1 heterocycles. The van der Waals surface area contributed by atoms with Crippen LogP contribution in [0.3, 0.4) is 0 Å². The van der Waals surface area contributed by atoms with Crippen molar-refractivity contribution in [3.8, 4) is 11.3 Å². The van der Waals surface area contributed by atoms with Gasteiger partial charge in [-0.25, -0.2) is 0 Å². The Morgan fingerprint density at radius 3 is 2.50 bits per heavy atom. The van der Waals surface area contributed by atoms with Crippen molar-refractivity contribution in [1.29, 1.82) is 0 Å². The Hall–Kier alpha value is -2.21. The number of non-ortho nitro benzene ring substituents is 1. The summed E-state index contributed by atoms with van der Waals surface area (Å²) in [4.78, 5) is 10.2. The zero-order valence-corrected chi connectivity index (χ0v) is 11.7. The van der Waals surface area contributed by atoms with E-state index in [0.717, 1.165) is 11.1 Å². The number of nitro groups is 1. The van der Waals surface area contributed by atoms with Gasteiger partial charge in [-0.15, -0.1) is 0 Å². The standard InChI is InChI=1S/C14H17N3O3/c1-14(2,3)15-8-11-9-16-20-13(11)10-4-6-12(7-5-10)17(18)19/h4-7,9,15H,8H2,1-3H3. The number of hydrogen-bond acceptors (Lipinski definition) is 5. The molecule has 0 amide bonds. The Kier molecular flexibility index (Phi) is 3.85. The smallest absolute Gasteiger partial charge is 0.269 e. The summed E-state index contributed by atoms with van der Waals surface area (Å²) in [6, 6.07) is 6.25. The fraction of sp³-hybridized carbons (Fsp3) is 0.357. The predicted molar refractivity (Wildman–Crippen MR) is 75.2 cm³/mol. The molecular formula is C14H17N3O3. The molecule has 0 unspecified atom stereocenters. The molecule has 0 aliphatic rings. The maximum atomic E-state index is 10.6. The maximum absolute atomic E-state index is 10.6. The zero-order valence-electron chi connectivity index (χ0n) is 11.7. The lowest BCUT2D eigenvalue weighted by Crippen LogP contribution is -2.35. The Labute approximate surface area is 116 Å². The van der Waals surface area contributed by atoms with E-state index in [1.165, 1.54) is 12.1 Å². The second kappa shape index (κ2) is 5.42. The first kappa shape index (κ1) is 14.2. The van der Waals surface area contributed by atoms with Gasteiger partial charge in [0.05, 0.1) is 11.1 Å². The Balaban J connectivity index is 2.21. The van der Waals surface area contributed by atoms with E-state index in [1.54, 1.807) is 18.3 Å². The van der Waals surface area contributed by atoms with E-state index >= 15 is 0 Å². The van der Waals surface area contributed by atoms with Crippen LogP contribution in [0.2, 0.25) is 0 Å². The van der Waals surface area contributed by atoms with Crippen molar-refractivity contribution in [2.75, 3.05) is 0 Å². The van der Waals surface area contributed by atoms with Crippen molar-refractivity contribution >= 4 is 5.69 Å². The number of rotatable bonds is 4. The first-order valence-corrected chi connectivity index (χ1v) is 6.30. The highest BCUT2D eigenvalue weighted by Crippen LogP contribution is 2.25. The largest absolute Gasteiger partial charge is 0.356 e. The summed E-state index contributed by atoms with van der Waals surface area (Å²) < 4.78 is 5.26. The van der Waals surface area contributed by atoms with Crippen molar-refractivity contribution in [3.63, 3.8) is 0 Å². The molecule has 0 spiro atoms. The molecule has 0 radical (unpaired) electrons. The summed E-state index contributed by atoms with van der Waals surface area (Å²) in [6.07, 6.45) is 1.66. The highest BCUT2D eigenvalue weighted by atomic mass is 16.6. The number of nitrogens with one attached hydrogen (secondary N) is 1. The van der Waals surface area contributed by atoms with Crippen molar-refractivity contribution in [2.45, 2.75) is 32.9 Å². The van der Waals surface area contributed by atoms with Crippen molar-refractivity contribution < 1.29 is 9.45 Å². The number of nitrogens with zero attached hydrogens (tertiary/aromatic N) is 2. The lowest BCUT2D eigenvalue weighted by molar-refractivity contribution is -0.384. The number of hydrogen-bond donors (Lipinski definition) is 1. The molecule has 0 fully saturated rings. The summed E-state index contributed by atoms with van der Waals surface area (Å²) in [5.74, 6) is 0.636. The number of benzene rings is 1. The first-order valence-electron chi connectivity index (χ1n) is 6.30. The van der Waals surface area contributed by atoms with Gasteiger partial charge >= 0.3 is 0 Å². The predicted octanol–water partition coefficient (Wildman–Crippen LogP) is 3.14. The minimum absolute atomic E-state index is 0.00991. The van der Waals surface area contributed by atoms with Crippen LogP contribution in [-0.4, -0.2) is 15.6 Å². The third-order valence-corrected chi connectivity index (χ3v) is 2.79. The molecule has 20 heavy (non-hydrogen) atoms. The second-order valence-electron chi connectivity index (χ2n) is 5.59. The fourth-order valence-corrected chi connectivity index (χ4v) is 1.72. The highest BCUT2D eigenvalue weighted by Gasteiger charge is 2.15. The highest BCUT2D eigenvalue weighted by molar-refractivity contribution is 5.62. The van der Waals surface area contributed by atoms with Crippen LogP contribution < -0.4 is 5.32 Å². The van der Waals surface area contributed by atoms with E-state index in [0.29, 0.717) is 12.3 Å². The van der Waals surface area contributed by atoms with Gasteiger partial charge in [0.25, 0.3) is 5.69 Å². The van der Waals surface area contributed by atoms with Gasteiger partial charge in [0.1, 0.15) is 0 Å². The molecule has 1 N–H and O–H groups in total. The molecule has 0 aliphatic heterocycles. The molecule has 1 aromatic heterocycles. The van der Waals surface area contributed by atoms with Gasteiger partial charge in [-0.2, -0.15) is 0 Å². The third-order valence-electron chi connectivity index (χ3n) is 2.79. The Bertz CT molecular complexity index is 597. The van der Waals surface area contributed by atoms with Crippen molar-refractivity contribution in [3.05, 3.63) is 46.1 Å². The van der Waals surface area contributed by atoms with Gasteiger partial charge in [-0.05, 0) is 32.9 Å². The molecule has 0 saturated carbocycles. The summed E-state index contributed by atoms with van der Waals surface area (Å²) in [5, 5.41) is 17.8. The van der Waals surface area contributed by atoms with Crippen LogP contribution in [0.5, 0.6) is 0 Å². The molecule has 6 heteroatoms. The average molecular weight is 275 g/mol. The van der Waals surface area contributed by atoms with E-state index in [4.69, 9.17) is 4.52 Å². The quantitative estimate of drug-likeness (QED) is 0.684. The molecule has 0 atom stereocenters. The molecule has 2 aromatic rings. The molecule has 0 aliphatic carbocycles. The number of aromatic nitrogens is 1. The average Bonchev–Trinajstić information content (AvgIpc) is 2.84. The molecule has 2 rings (SSSR count). The molecule has 1 aromatic carbocycles. The van der Waals surface area contributed by atoms with Crippen LogP contribution >= 0.6 is 0 Å². The summed E-state index contributed by atoms with van der Waals surface area (Å²) in [7, 11) is 0. The Morgan fingerprint density at radius 2 is 1.95 bits per heavy atom. The Morgan fingerprint density at radius 1 is 1.30 bits per heavy atom. The van der Waals surface area contributed by atoms with Gasteiger partial charge < -0.3 is 9.84 Å². The SMILES string of the molecule is CC(C)(C)NCc1cnoc1-c1ccc([N+](=O)[O-])cc1. The van der Waals surface area contributed by atoms with Gasteiger partial charge in [-0.3, -0.25) is 10.1 Å². The van der Waals surface area contributed by atoms with Crippen LogP contribution in [0.25, 0.3) is 11.3 Å². The van der Waals surface area contributed by atoms with E-state index in [9.17, 15) is 10.1 Å². The second-order valence-corrected chi connectivity index (χ2v) is 5.59. The summed E-state index contributed by atoms with van der Waals surface area (Å²) in [6.45, 7) is 6.85. The van der Waals surface area contributed by atoms with Crippen molar-refractivity contribution in [2.24, 2.45) is 0 Å². The van der Waals surface area contributed by atoms with Gasteiger partial charge in [0, 0.05) is 35.3 Å². The van der Waals surface area contributed by atoms with Crippen LogP contribution in [0.15, 0.2) is 35.0 Å². The molecule has 0 bridgehead atoms. The van der Waals surface area contributed by atoms with E-state index in [-0.39, 0.29) is 11.2 Å².